The largest absolute Gasteiger partial charge is 0.328 e. The SMILES string of the molecule is Cc1ccc(NC=O)c(C)c1S(=O)(=O)O. The minimum Gasteiger partial charge on any atom is -0.328 e. The Morgan fingerprint density at radius 2 is 1.93 bits per heavy atom. The molecule has 1 rings (SSSR count). The van der Waals surface area contributed by atoms with E-state index in [9.17, 15) is 13.2 Å². The van der Waals surface area contributed by atoms with E-state index in [-0.39, 0.29) is 4.90 Å². The van der Waals surface area contributed by atoms with E-state index in [0.717, 1.165) is 0 Å². The highest BCUT2D eigenvalue weighted by atomic mass is 32.2. The van der Waals surface area contributed by atoms with Crippen LogP contribution in [0.3, 0.4) is 0 Å². The highest BCUT2D eigenvalue weighted by Gasteiger charge is 2.18. The van der Waals surface area contributed by atoms with Crippen LogP contribution in [0.25, 0.3) is 0 Å². The Kier molecular flexibility index (Phi) is 3.11. The summed E-state index contributed by atoms with van der Waals surface area (Å²) in [7, 11) is -4.26. The average Bonchev–Trinajstić information content (AvgIpc) is 2.08. The van der Waals surface area contributed by atoms with Crippen LogP contribution in [0.1, 0.15) is 11.1 Å². The fraction of sp³-hybridized carbons (Fsp3) is 0.222. The molecule has 6 heteroatoms. The first-order chi connectivity index (χ1) is 6.88. The highest BCUT2D eigenvalue weighted by Crippen LogP contribution is 2.25. The van der Waals surface area contributed by atoms with Gasteiger partial charge in [-0.2, -0.15) is 8.42 Å². The van der Waals surface area contributed by atoms with Gasteiger partial charge in [-0.25, -0.2) is 0 Å². The number of aryl methyl sites for hydroxylation is 1. The van der Waals surface area contributed by atoms with E-state index in [1.54, 1.807) is 13.0 Å². The predicted molar refractivity (Wildman–Crippen MR) is 55.4 cm³/mol. The molecule has 0 aliphatic rings. The van der Waals surface area contributed by atoms with Gasteiger partial charge in [-0.3, -0.25) is 9.35 Å². The van der Waals surface area contributed by atoms with Crippen molar-refractivity contribution in [3.63, 3.8) is 0 Å². The lowest BCUT2D eigenvalue weighted by molar-refractivity contribution is -0.105. The summed E-state index contributed by atoms with van der Waals surface area (Å²) in [6.07, 6.45) is 0.450. The average molecular weight is 229 g/mol. The maximum absolute atomic E-state index is 11.1. The van der Waals surface area contributed by atoms with Gasteiger partial charge < -0.3 is 5.32 Å². The number of benzene rings is 1. The van der Waals surface area contributed by atoms with Crippen molar-refractivity contribution in [1.29, 1.82) is 0 Å². The third kappa shape index (κ3) is 2.34. The zero-order chi connectivity index (χ0) is 11.6. The fourth-order valence-electron chi connectivity index (χ4n) is 1.44. The Hall–Kier alpha value is -1.40. The Bertz CT molecular complexity index is 493. The van der Waals surface area contributed by atoms with Crippen molar-refractivity contribution >= 4 is 22.2 Å². The molecule has 0 saturated heterocycles. The molecule has 5 nitrogen and oxygen atoms in total. The molecule has 0 atom stereocenters. The van der Waals surface area contributed by atoms with Gasteiger partial charge >= 0.3 is 0 Å². The summed E-state index contributed by atoms with van der Waals surface area (Å²) in [4.78, 5) is 10.1. The molecule has 0 bridgehead atoms. The van der Waals surface area contributed by atoms with Crippen LogP contribution in [0, 0.1) is 13.8 Å². The molecule has 0 aliphatic heterocycles. The lowest BCUT2D eigenvalue weighted by atomic mass is 10.1. The molecule has 0 fully saturated rings. The Labute approximate surface area is 87.9 Å². The number of hydrogen-bond donors (Lipinski definition) is 2. The van der Waals surface area contributed by atoms with E-state index in [4.69, 9.17) is 4.55 Å². The molecule has 1 amide bonds. The molecule has 0 heterocycles. The smallest absolute Gasteiger partial charge is 0.295 e. The zero-order valence-electron chi connectivity index (χ0n) is 8.31. The summed E-state index contributed by atoms with van der Waals surface area (Å²) in [5, 5.41) is 2.36. The molecule has 0 radical (unpaired) electrons. The standard InChI is InChI=1S/C9H11NO4S/c1-6-3-4-8(10-5-11)7(2)9(6)15(12,13)14/h3-5H,1-2H3,(H,10,11)(H,12,13,14). The summed E-state index contributed by atoms with van der Waals surface area (Å²) in [6, 6.07) is 3.09. The number of rotatable bonds is 3. The summed E-state index contributed by atoms with van der Waals surface area (Å²) < 4.78 is 31.1. The van der Waals surface area contributed by atoms with Gasteiger partial charge in [0.2, 0.25) is 6.41 Å². The number of hydrogen-bond acceptors (Lipinski definition) is 3. The highest BCUT2D eigenvalue weighted by molar-refractivity contribution is 7.86. The lowest BCUT2D eigenvalue weighted by Gasteiger charge is -2.10. The summed E-state index contributed by atoms with van der Waals surface area (Å²) in [5.41, 5.74) is 1.12. The molecular formula is C9H11NO4S. The van der Waals surface area contributed by atoms with Crippen LogP contribution in [-0.2, 0) is 14.9 Å². The van der Waals surface area contributed by atoms with Crippen LogP contribution in [0.2, 0.25) is 0 Å². The van der Waals surface area contributed by atoms with Gasteiger partial charge in [-0.1, -0.05) is 6.07 Å². The second-order valence-corrected chi connectivity index (χ2v) is 4.48. The van der Waals surface area contributed by atoms with E-state index in [1.165, 1.54) is 13.0 Å². The van der Waals surface area contributed by atoms with Crippen molar-refractivity contribution in [3.05, 3.63) is 23.3 Å². The summed E-state index contributed by atoms with van der Waals surface area (Å²) >= 11 is 0. The molecule has 2 N–H and O–H groups in total. The van der Waals surface area contributed by atoms with Crippen LogP contribution in [0.5, 0.6) is 0 Å². The second kappa shape index (κ2) is 4.00. The van der Waals surface area contributed by atoms with Gasteiger partial charge in [0.1, 0.15) is 4.90 Å². The molecule has 0 spiro atoms. The minimum absolute atomic E-state index is 0.158. The molecule has 15 heavy (non-hydrogen) atoms. The van der Waals surface area contributed by atoms with Gasteiger partial charge in [-0.05, 0) is 31.0 Å². The zero-order valence-corrected chi connectivity index (χ0v) is 9.13. The van der Waals surface area contributed by atoms with Crippen molar-refractivity contribution in [2.24, 2.45) is 0 Å². The van der Waals surface area contributed by atoms with Gasteiger partial charge in [0.15, 0.2) is 0 Å². The van der Waals surface area contributed by atoms with Crippen molar-refractivity contribution in [1.82, 2.24) is 0 Å². The fourth-order valence-corrected chi connectivity index (χ4v) is 2.42. The summed E-state index contributed by atoms with van der Waals surface area (Å²) in [6.45, 7) is 3.09. The van der Waals surface area contributed by atoms with Crippen molar-refractivity contribution < 1.29 is 17.8 Å². The third-order valence-electron chi connectivity index (χ3n) is 2.08. The van der Waals surface area contributed by atoms with Crippen LogP contribution in [-0.4, -0.2) is 19.4 Å². The third-order valence-corrected chi connectivity index (χ3v) is 3.22. The van der Waals surface area contributed by atoms with Crippen molar-refractivity contribution in [2.45, 2.75) is 18.7 Å². The molecule has 1 aromatic carbocycles. The van der Waals surface area contributed by atoms with Gasteiger partial charge in [-0.15, -0.1) is 0 Å². The topological polar surface area (TPSA) is 83.5 Å². The second-order valence-electron chi connectivity index (χ2n) is 3.12. The lowest BCUT2D eigenvalue weighted by Crippen LogP contribution is -2.07. The molecule has 0 saturated carbocycles. The van der Waals surface area contributed by atoms with Crippen molar-refractivity contribution in [2.75, 3.05) is 5.32 Å². The predicted octanol–water partition coefficient (Wildman–Crippen LogP) is 1.12. The van der Waals surface area contributed by atoms with E-state index >= 15 is 0 Å². The Morgan fingerprint density at radius 3 is 2.40 bits per heavy atom. The first kappa shape index (κ1) is 11.7. The maximum atomic E-state index is 11.1. The molecule has 0 aromatic heterocycles. The van der Waals surface area contributed by atoms with Crippen LogP contribution in [0.15, 0.2) is 17.0 Å². The molecule has 82 valence electrons. The van der Waals surface area contributed by atoms with E-state index in [0.29, 0.717) is 23.2 Å². The molecular weight excluding hydrogens is 218 g/mol. The van der Waals surface area contributed by atoms with Crippen LogP contribution in [0.4, 0.5) is 5.69 Å². The normalized spacial score (nSPS) is 11.1. The quantitative estimate of drug-likeness (QED) is 0.601. The van der Waals surface area contributed by atoms with Crippen LogP contribution < -0.4 is 5.32 Å². The van der Waals surface area contributed by atoms with Gasteiger partial charge in [0.25, 0.3) is 10.1 Å². The van der Waals surface area contributed by atoms with E-state index in [2.05, 4.69) is 5.32 Å². The Balaban J connectivity index is 3.50. The van der Waals surface area contributed by atoms with Crippen LogP contribution >= 0.6 is 0 Å². The van der Waals surface area contributed by atoms with Gasteiger partial charge in [0.05, 0.1) is 0 Å². The molecule has 0 aliphatic carbocycles. The molecule has 0 unspecified atom stereocenters. The monoisotopic (exact) mass is 229 g/mol. The molecule has 1 aromatic rings. The summed E-state index contributed by atoms with van der Waals surface area (Å²) in [5.74, 6) is 0. The minimum atomic E-state index is -4.26. The number of nitrogens with one attached hydrogen (secondary N) is 1. The van der Waals surface area contributed by atoms with E-state index in [1.807, 2.05) is 0 Å². The maximum Gasteiger partial charge on any atom is 0.295 e. The number of amides is 1. The number of carbonyl (C=O) groups excluding carboxylic acids is 1. The first-order valence-corrected chi connectivity index (χ1v) is 5.60. The number of anilines is 1. The van der Waals surface area contributed by atoms with Crippen molar-refractivity contribution in [3.8, 4) is 0 Å². The number of carbonyl (C=O) groups is 1. The van der Waals surface area contributed by atoms with E-state index < -0.39 is 10.1 Å². The Morgan fingerprint density at radius 1 is 1.33 bits per heavy atom. The first-order valence-electron chi connectivity index (χ1n) is 4.16. The van der Waals surface area contributed by atoms with Gasteiger partial charge in [0, 0.05) is 5.69 Å².